The Morgan fingerprint density at radius 3 is 2.31 bits per heavy atom. The van der Waals surface area contributed by atoms with Gasteiger partial charge in [-0.15, -0.1) is 0 Å². The van der Waals surface area contributed by atoms with Crippen LogP contribution in [0.5, 0.6) is 0 Å². The number of carbonyl (C=O) groups excluding carboxylic acids is 4. The van der Waals surface area contributed by atoms with E-state index in [9.17, 15) is 19.2 Å². The standard InChI is InChI=1S/C26H39N5O8/c27-7-11-37-12-8-28-9-13-38-15-17-39-16-14-36-10-6-24(33)29-21-3-1-2-19-20(21)18-31(26(19)35)22-4-5-23(32)30-25(22)34/h1-3,22,28H,4-18,27H2,(H,29,33)(H,30,32,34). The summed E-state index contributed by atoms with van der Waals surface area (Å²) in [6.45, 7) is 5.90. The minimum Gasteiger partial charge on any atom is -0.379 e. The highest BCUT2D eigenvalue weighted by Crippen LogP contribution is 2.32. The molecular weight excluding hydrogens is 510 g/mol. The third-order valence-corrected chi connectivity index (χ3v) is 6.18. The lowest BCUT2D eigenvalue weighted by molar-refractivity contribution is -0.137. The van der Waals surface area contributed by atoms with E-state index >= 15 is 0 Å². The quantitative estimate of drug-likeness (QED) is 0.129. The molecule has 0 bridgehead atoms. The first-order valence-corrected chi connectivity index (χ1v) is 13.3. The van der Waals surface area contributed by atoms with Crippen molar-refractivity contribution in [2.24, 2.45) is 5.73 Å². The van der Waals surface area contributed by atoms with Crippen molar-refractivity contribution in [1.82, 2.24) is 15.5 Å². The number of nitrogens with two attached hydrogens (primary N) is 1. The van der Waals surface area contributed by atoms with E-state index < -0.39 is 11.9 Å². The fraction of sp³-hybridized carbons (Fsp3) is 0.615. The van der Waals surface area contributed by atoms with Crippen LogP contribution in [0.3, 0.4) is 0 Å². The van der Waals surface area contributed by atoms with Crippen LogP contribution < -0.4 is 21.7 Å². The maximum Gasteiger partial charge on any atom is 0.255 e. The highest BCUT2D eigenvalue weighted by atomic mass is 16.5. The molecule has 2 aliphatic heterocycles. The molecule has 39 heavy (non-hydrogen) atoms. The average Bonchev–Trinajstić information content (AvgIpc) is 3.25. The fourth-order valence-corrected chi connectivity index (χ4v) is 4.22. The number of anilines is 1. The Hall–Kier alpha value is -2.94. The van der Waals surface area contributed by atoms with Gasteiger partial charge in [-0.2, -0.15) is 0 Å². The molecule has 216 valence electrons. The smallest absolute Gasteiger partial charge is 0.255 e. The predicted octanol–water partition coefficient (Wildman–Crippen LogP) is -0.609. The van der Waals surface area contributed by atoms with Gasteiger partial charge < -0.3 is 40.2 Å². The second-order valence-electron chi connectivity index (χ2n) is 9.02. The first-order chi connectivity index (χ1) is 19.0. The van der Waals surface area contributed by atoms with Gasteiger partial charge in [0.15, 0.2) is 0 Å². The molecule has 1 atom stereocenters. The molecule has 0 aliphatic carbocycles. The van der Waals surface area contributed by atoms with Crippen LogP contribution in [0.2, 0.25) is 0 Å². The van der Waals surface area contributed by atoms with Gasteiger partial charge in [0.25, 0.3) is 5.91 Å². The molecule has 13 nitrogen and oxygen atoms in total. The van der Waals surface area contributed by atoms with Crippen molar-refractivity contribution in [2.75, 3.05) is 77.8 Å². The maximum atomic E-state index is 12.9. The Morgan fingerprint density at radius 2 is 1.62 bits per heavy atom. The summed E-state index contributed by atoms with van der Waals surface area (Å²) in [5.74, 6) is -1.34. The largest absolute Gasteiger partial charge is 0.379 e. The third-order valence-electron chi connectivity index (χ3n) is 6.18. The number of ether oxygens (including phenoxy) is 4. The first-order valence-electron chi connectivity index (χ1n) is 13.3. The summed E-state index contributed by atoms with van der Waals surface area (Å²) >= 11 is 0. The molecule has 0 saturated carbocycles. The zero-order valence-corrected chi connectivity index (χ0v) is 22.2. The summed E-state index contributed by atoms with van der Waals surface area (Å²) in [5.41, 5.74) is 6.97. The van der Waals surface area contributed by atoms with Crippen LogP contribution in [0.15, 0.2) is 18.2 Å². The molecule has 2 aliphatic rings. The number of nitrogens with zero attached hydrogens (tertiary/aromatic N) is 1. The zero-order valence-electron chi connectivity index (χ0n) is 22.2. The predicted molar refractivity (Wildman–Crippen MR) is 141 cm³/mol. The molecule has 0 radical (unpaired) electrons. The van der Waals surface area contributed by atoms with Gasteiger partial charge in [0.2, 0.25) is 17.7 Å². The molecule has 1 unspecified atom stereocenters. The molecule has 1 aromatic carbocycles. The number of benzene rings is 1. The molecule has 3 rings (SSSR count). The second-order valence-corrected chi connectivity index (χ2v) is 9.02. The zero-order chi connectivity index (χ0) is 27.9. The molecule has 1 fully saturated rings. The summed E-state index contributed by atoms with van der Waals surface area (Å²) in [4.78, 5) is 50.5. The van der Waals surface area contributed by atoms with E-state index in [1.54, 1.807) is 18.2 Å². The normalized spacial score (nSPS) is 16.9. The van der Waals surface area contributed by atoms with E-state index in [-0.39, 0.29) is 50.1 Å². The van der Waals surface area contributed by atoms with Crippen molar-refractivity contribution in [3.63, 3.8) is 0 Å². The molecule has 5 N–H and O–H groups in total. The molecule has 0 spiro atoms. The summed E-state index contributed by atoms with van der Waals surface area (Å²) < 4.78 is 21.7. The van der Waals surface area contributed by atoms with Gasteiger partial charge in [-0.05, 0) is 18.6 Å². The van der Waals surface area contributed by atoms with Gasteiger partial charge in [0.1, 0.15) is 6.04 Å². The third kappa shape index (κ3) is 9.95. The van der Waals surface area contributed by atoms with E-state index in [0.717, 1.165) is 13.1 Å². The van der Waals surface area contributed by atoms with Gasteiger partial charge >= 0.3 is 0 Å². The maximum absolute atomic E-state index is 12.9. The lowest BCUT2D eigenvalue weighted by Gasteiger charge is -2.29. The lowest BCUT2D eigenvalue weighted by Crippen LogP contribution is -2.52. The van der Waals surface area contributed by atoms with Crippen LogP contribution in [0.25, 0.3) is 0 Å². The number of piperidine rings is 1. The number of nitrogens with one attached hydrogen (secondary N) is 3. The van der Waals surface area contributed by atoms with Gasteiger partial charge in [-0.3, -0.25) is 24.5 Å². The highest BCUT2D eigenvalue weighted by molar-refractivity contribution is 6.06. The second kappa shape index (κ2) is 16.9. The van der Waals surface area contributed by atoms with Crippen LogP contribution in [0, 0.1) is 0 Å². The molecular formula is C26H39N5O8. The molecule has 2 heterocycles. The lowest BCUT2D eigenvalue weighted by atomic mass is 10.0. The Balaban J connectivity index is 1.24. The molecule has 4 amide bonds. The number of carbonyl (C=O) groups is 4. The van der Waals surface area contributed by atoms with E-state index in [1.807, 2.05) is 0 Å². The van der Waals surface area contributed by atoms with Crippen molar-refractivity contribution < 1.29 is 38.1 Å². The SMILES string of the molecule is NCCOCCNCCOCCOCCOCCC(=O)Nc1cccc2c1CN(C1CCC(=O)NC1=O)C2=O. The van der Waals surface area contributed by atoms with Crippen LogP contribution in [-0.2, 0) is 39.9 Å². The number of rotatable bonds is 19. The van der Waals surface area contributed by atoms with Crippen molar-refractivity contribution in [1.29, 1.82) is 0 Å². The van der Waals surface area contributed by atoms with Crippen LogP contribution in [0.1, 0.15) is 35.2 Å². The Labute approximate surface area is 228 Å². The number of fused-ring (bicyclic) bond motifs is 1. The van der Waals surface area contributed by atoms with E-state index in [4.69, 9.17) is 24.7 Å². The topological polar surface area (TPSA) is 171 Å². The molecule has 1 aromatic rings. The van der Waals surface area contributed by atoms with Gasteiger partial charge in [0, 0.05) is 49.4 Å². The van der Waals surface area contributed by atoms with E-state index in [1.165, 1.54) is 4.90 Å². The van der Waals surface area contributed by atoms with Crippen molar-refractivity contribution >= 4 is 29.3 Å². The minimum absolute atomic E-state index is 0.141. The molecule has 1 saturated heterocycles. The van der Waals surface area contributed by atoms with Crippen LogP contribution in [-0.4, -0.2) is 107 Å². The Kier molecular flexibility index (Phi) is 13.3. The van der Waals surface area contributed by atoms with Crippen LogP contribution >= 0.6 is 0 Å². The summed E-state index contributed by atoms with van der Waals surface area (Å²) in [6.07, 6.45) is 0.607. The minimum atomic E-state index is -0.706. The van der Waals surface area contributed by atoms with Gasteiger partial charge in [-0.25, -0.2) is 0 Å². The molecule has 13 heteroatoms. The number of imide groups is 1. The summed E-state index contributed by atoms with van der Waals surface area (Å²) in [6, 6.07) is 4.38. The Bertz CT molecular complexity index is 976. The molecule has 0 aromatic heterocycles. The van der Waals surface area contributed by atoms with Crippen molar-refractivity contribution in [2.45, 2.75) is 31.8 Å². The first kappa shape index (κ1) is 30.6. The number of hydrogen-bond acceptors (Lipinski definition) is 10. The monoisotopic (exact) mass is 549 g/mol. The fourth-order valence-electron chi connectivity index (χ4n) is 4.22. The number of hydrogen-bond donors (Lipinski definition) is 4. The Morgan fingerprint density at radius 1 is 0.949 bits per heavy atom. The highest BCUT2D eigenvalue weighted by Gasteiger charge is 2.39. The van der Waals surface area contributed by atoms with E-state index in [2.05, 4.69) is 16.0 Å². The summed E-state index contributed by atoms with van der Waals surface area (Å²) in [5, 5.41) is 8.32. The van der Waals surface area contributed by atoms with E-state index in [0.29, 0.717) is 69.6 Å². The van der Waals surface area contributed by atoms with Gasteiger partial charge in [0.05, 0.1) is 59.3 Å². The van der Waals surface area contributed by atoms with Crippen molar-refractivity contribution in [3.05, 3.63) is 29.3 Å². The average molecular weight is 550 g/mol. The van der Waals surface area contributed by atoms with Gasteiger partial charge in [-0.1, -0.05) is 6.07 Å². The summed E-state index contributed by atoms with van der Waals surface area (Å²) in [7, 11) is 0. The van der Waals surface area contributed by atoms with Crippen molar-refractivity contribution in [3.8, 4) is 0 Å². The number of amides is 4. The van der Waals surface area contributed by atoms with Crippen LogP contribution in [0.4, 0.5) is 5.69 Å².